The average Bonchev–Trinajstić information content (AvgIpc) is 3.03. The summed E-state index contributed by atoms with van der Waals surface area (Å²) in [5.41, 5.74) is 1.58. The highest BCUT2D eigenvalue weighted by molar-refractivity contribution is 6.53. The number of anilines is 3. The van der Waals surface area contributed by atoms with Crippen LogP contribution in [-0.2, 0) is 9.59 Å². The van der Waals surface area contributed by atoms with Crippen molar-refractivity contribution in [3.8, 4) is 5.75 Å². The van der Waals surface area contributed by atoms with Gasteiger partial charge in [-0.3, -0.25) is 14.4 Å². The number of carbonyl (C=O) groups is 3. The van der Waals surface area contributed by atoms with Gasteiger partial charge in [0.25, 0.3) is 17.7 Å². The van der Waals surface area contributed by atoms with E-state index in [0.29, 0.717) is 33.4 Å². The third-order valence-corrected chi connectivity index (χ3v) is 5.56. The van der Waals surface area contributed by atoms with Crippen LogP contribution in [0.25, 0.3) is 0 Å². The maximum atomic E-state index is 13.0. The van der Waals surface area contributed by atoms with Crippen LogP contribution in [0.5, 0.6) is 5.75 Å². The number of hydrogen-bond acceptors (Lipinski definition) is 5. The molecule has 178 valence electrons. The number of halogens is 2. The summed E-state index contributed by atoms with van der Waals surface area (Å²) in [4.78, 5) is 39.3. The van der Waals surface area contributed by atoms with E-state index in [2.05, 4.69) is 10.6 Å². The minimum Gasteiger partial charge on any atom is -0.491 e. The van der Waals surface area contributed by atoms with E-state index >= 15 is 0 Å². The van der Waals surface area contributed by atoms with Crippen molar-refractivity contribution in [3.05, 3.63) is 94.1 Å². The summed E-state index contributed by atoms with van der Waals surface area (Å²) < 4.78 is 5.61. The number of ether oxygens (including phenoxy) is 1. The van der Waals surface area contributed by atoms with E-state index in [4.69, 9.17) is 27.9 Å². The highest BCUT2D eigenvalue weighted by Gasteiger charge is 2.39. The Morgan fingerprint density at radius 2 is 1.60 bits per heavy atom. The quantitative estimate of drug-likeness (QED) is 0.392. The smallest absolute Gasteiger partial charge is 0.283 e. The Morgan fingerprint density at radius 3 is 2.29 bits per heavy atom. The van der Waals surface area contributed by atoms with Crippen LogP contribution in [0.3, 0.4) is 0 Å². The number of benzene rings is 3. The molecule has 0 spiro atoms. The summed E-state index contributed by atoms with van der Waals surface area (Å²) in [5.74, 6) is -0.932. The van der Waals surface area contributed by atoms with Gasteiger partial charge in [-0.25, -0.2) is 4.90 Å². The highest BCUT2D eigenvalue weighted by atomic mass is 35.5. The van der Waals surface area contributed by atoms with Crippen molar-refractivity contribution in [2.24, 2.45) is 0 Å². The van der Waals surface area contributed by atoms with Crippen molar-refractivity contribution in [1.29, 1.82) is 0 Å². The second-order valence-electron chi connectivity index (χ2n) is 7.97. The van der Waals surface area contributed by atoms with Crippen molar-refractivity contribution in [3.63, 3.8) is 0 Å². The second kappa shape index (κ2) is 10.2. The molecular weight excluding hydrogens is 489 g/mol. The lowest BCUT2D eigenvalue weighted by molar-refractivity contribution is -0.120. The Labute approximate surface area is 212 Å². The Bertz CT molecular complexity index is 1340. The summed E-state index contributed by atoms with van der Waals surface area (Å²) in [6.45, 7) is 3.87. The van der Waals surface area contributed by atoms with E-state index in [1.165, 1.54) is 6.07 Å². The third kappa shape index (κ3) is 5.48. The molecule has 7 nitrogen and oxygen atoms in total. The Morgan fingerprint density at radius 1 is 0.886 bits per heavy atom. The molecule has 0 fully saturated rings. The average molecular weight is 510 g/mol. The predicted molar refractivity (Wildman–Crippen MR) is 137 cm³/mol. The summed E-state index contributed by atoms with van der Waals surface area (Å²) in [6, 6.07) is 19.9. The van der Waals surface area contributed by atoms with Gasteiger partial charge >= 0.3 is 0 Å². The van der Waals surface area contributed by atoms with Crippen LogP contribution in [0.4, 0.5) is 17.1 Å². The molecule has 0 bridgehead atoms. The second-order valence-corrected chi connectivity index (χ2v) is 8.78. The summed E-state index contributed by atoms with van der Waals surface area (Å²) in [6.07, 6.45) is 0.0499. The predicted octanol–water partition coefficient (Wildman–Crippen LogP) is 5.82. The summed E-state index contributed by atoms with van der Waals surface area (Å²) in [7, 11) is 0. The largest absolute Gasteiger partial charge is 0.491 e. The SMILES string of the molecule is CC(C)Oc1ccc(NC(=O)c2cccc(NC3=C(Cl)C(=O)N(c4cccc(Cl)c4)C3=O)c2)cc1. The van der Waals surface area contributed by atoms with Gasteiger partial charge in [0.05, 0.1) is 11.8 Å². The standard InChI is InChI=1S/C26H21Cl2N3O4/c1-15(2)35-21-11-9-18(10-12-21)30-24(32)16-5-3-7-19(13-16)29-23-22(28)25(33)31(26(23)34)20-8-4-6-17(27)14-20/h3-15,29H,1-2H3,(H,30,32). The molecule has 3 amide bonds. The van der Waals surface area contributed by atoms with Crippen LogP contribution in [0.1, 0.15) is 24.2 Å². The molecule has 0 saturated heterocycles. The molecule has 4 rings (SSSR count). The Kier molecular flexibility index (Phi) is 7.10. The van der Waals surface area contributed by atoms with E-state index in [0.717, 1.165) is 4.90 Å². The fraction of sp³-hybridized carbons (Fsp3) is 0.115. The fourth-order valence-electron chi connectivity index (χ4n) is 3.44. The third-order valence-electron chi connectivity index (χ3n) is 4.97. The van der Waals surface area contributed by atoms with E-state index in [1.54, 1.807) is 66.7 Å². The first kappa shape index (κ1) is 24.3. The zero-order valence-electron chi connectivity index (χ0n) is 18.8. The molecule has 2 N–H and O–H groups in total. The lowest BCUT2D eigenvalue weighted by atomic mass is 10.1. The van der Waals surface area contributed by atoms with E-state index in [1.807, 2.05) is 13.8 Å². The normalized spacial score (nSPS) is 13.5. The molecular formula is C26H21Cl2N3O4. The maximum Gasteiger partial charge on any atom is 0.283 e. The van der Waals surface area contributed by atoms with E-state index in [-0.39, 0.29) is 22.7 Å². The molecule has 0 radical (unpaired) electrons. The van der Waals surface area contributed by atoms with E-state index in [9.17, 15) is 14.4 Å². The molecule has 9 heteroatoms. The van der Waals surface area contributed by atoms with Gasteiger partial charge in [-0.15, -0.1) is 0 Å². The lowest BCUT2D eigenvalue weighted by Gasteiger charge is -2.15. The van der Waals surface area contributed by atoms with Crippen molar-refractivity contribution in [1.82, 2.24) is 0 Å². The number of nitrogens with one attached hydrogen (secondary N) is 2. The molecule has 3 aromatic carbocycles. The molecule has 0 aromatic heterocycles. The van der Waals surface area contributed by atoms with Gasteiger partial charge in [0.15, 0.2) is 0 Å². The number of nitrogens with zero attached hydrogens (tertiary/aromatic N) is 1. The Balaban J connectivity index is 1.48. The van der Waals surface area contributed by atoms with Crippen molar-refractivity contribution >= 4 is 58.0 Å². The zero-order chi connectivity index (χ0) is 25.1. The molecule has 0 atom stereocenters. The van der Waals surface area contributed by atoms with Gasteiger partial charge < -0.3 is 15.4 Å². The summed E-state index contributed by atoms with van der Waals surface area (Å²) >= 11 is 12.2. The number of amides is 3. The molecule has 0 unspecified atom stereocenters. The first-order chi connectivity index (χ1) is 16.7. The number of rotatable bonds is 7. The zero-order valence-corrected chi connectivity index (χ0v) is 20.4. The molecule has 35 heavy (non-hydrogen) atoms. The fourth-order valence-corrected chi connectivity index (χ4v) is 3.83. The van der Waals surface area contributed by atoms with Crippen LogP contribution < -0.4 is 20.3 Å². The first-order valence-corrected chi connectivity index (χ1v) is 11.5. The lowest BCUT2D eigenvalue weighted by Crippen LogP contribution is -2.32. The van der Waals surface area contributed by atoms with Crippen molar-refractivity contribution in [2.45, 2.75) is 20.0 Å². The minimum atomic E-state index is -0.666. The number of carbonyl (C=O) groups excluding carboxylic acids is 3. The van der Waals surface area contributed by atoms with Gasteiger partial charge in [-0.05, 0) is 74.5 Å². The topological polar surface area (TPSA) is 87.7 Å². The van der Waals surface area contributed by atoms with Crippen LogP contribution >= 0.6 is 23.2 Å². The molecule has 1 aliphatic rings. The van der Waals surface area contributed by atoms with Crippen LogP contribution in [0.2, 0.25) is 5.02 Å². The molecule has 0 saturated carbocycles. The van der Waals surface area contributed by atoms with Crippen molar-refractivity contribution in [2.75, 3.05) is 15.5 Å². The highest BCUT2D eigenvalue weighted by Crippen LogP contribution is 2.31. The van der Waals surface area contributed by atoms with Gasteiger partial charge in [-0.1, -0.05) is 35.3 Å². The first-order valence-electron chi connectivity index (χ1n) is 10.7. The molecule has 0 aliphatic carbocycles. The van der Waals surface area contributed by atoms with Crippen LogP contribution in [-0.4, -0.2) is 23.8 Å². The molecule has 3 aromatic rings. The summed E-state index contributed by atoms with van der Waals surface area (Å²) in [5, 5.41) is 5.81. The monoisotopic (exact) mass is 509 g/mol. The number of hydrogen-bond donors (Lipinski definition) is 2. The molecule has 1 aliphatic heterocycles. The van der Waals surface area contributed by atoms with Gasteiger partial charge in [0, 0.05) is 22.0 Å². The number of imide groups is 1. The van der Waals surface area contributed by atoms with Crippen LogP contribution in [0.15, 0.2) is 83.5 Å². The minimum absolute atomic E-state index is 0.0499. The van der Waals surface area contributed by atoms with Gasteiger partial charge in [-0.2, -0.15) is 0 Å². The van der Waals surface area contributed by atoms with E-state index < -0.39 is 11.8 Å². The maximum absolute atomic E-state index is 13.0. The van der Waals surface area contributed by atoms with Gasteiger partial charge in [0.1, 0.15) is 16.5 Å². The van der Waals surface area contributed by atoms with Crippen LogP contribution in [0, 0.1) is 0 Å². The van der Waals surface area contributed by atoms with Gasteiger partial charge in [0.2, 0.25) is 0 Å². The Hall–Kier alpha value is -3.81. The van der Waals surface area contributed by atoms with Crippen molar-refractivity contribution < 1.29 is 19.1 Å². The molecule has 1 heterocycles.